The van der Waals surface area contributed by atoms with Gasteiger partial charge in [0.1, 0.15) is 0 Å². The van der Waals surface area contributed by atoms with Crippen LogP contribution in [-0.2, 0) is 9.53 Å². The molecule has 0 spiro atoms. The Balaban J connectivity index is 2.48. The van der Waals surface area contributed by atoms with Crippen LogP contribution in [0.3, 0.4) is 0 Å². The van der Waals surface area contributed by atoms with E-state index in [0.717, 1.165) is 13.3 Å². The van der Waals surface area contributed by atoms with Gasteiger partial charge >= 0.3 is 12.0 Å². The molecule has 1 heterocycles. The molecule has 0 aromatic heterocycles. The SMILES string of the molecule is COC1CN(C(=O)NCC(C)(O)C(=O)O)CCC1C. The number of methoxy groups -OCH3 is 1. The average Bonchev–Trinajstić information content (AvgIpc) is 2.36. The fourth-order valence-corrected chi connectivity index (χ4v) is 1.96. The summed E-state index contributed by atoms with van der Waals surface area (Å²) in [6, 6.07) is -0.379. The van der Waals surface area contributed by atoms with Crippen molar-refractivity contribution in [2.75, 3.05) is 26.7 Å². The first-order valence-electron chi connectivity index (χ1n) is 6.29. The lowest BCUT2D eigenvalue weighted by Crippen LogP contribution is -2.54. The van der Waals surface area contributed by atoms with Gasteiger partial charge in [-0.1, -0.05) is 6.92 Å². The van der Waals surface area contributed by atoms with E-state index in [4.69, 9.17) is 9.84 Å². The van der Waals surface area contributed by atoms with E-state index in [2.05, 4.69) is 12.2 Å². The van der Waals surface area contributed by atoms with E-state index in [-0.39, 0.29) is 18.7 Å². The minimum atomic E-state index is -1.96. The lowest BCUT2D eigenvalue weighted by atomic mass is 9.96. The lowest BCUT2D eigenvalue weighted by Gasteiger charge is -2.36. The highest BCUT2D eigenvalue weighted by atomic mass is 16.5. The van der Waals surface area contributed by atoms with E-state index in [1.807, 2.05) is 0 Å². The zero-order chi connectivity index (χ0) is 14.6. The van der Waals surface area contributed by atoms with Gasteiger partial charge in [0.2, 0.25) is 0 Å². The number of likely N-dealkylation sites (tertiary alicyclic amines) is 1. The molecule has 0 aliphatic carbocycles. The van der Waals surface area contributed by atoms with E-state index in [0.29, 0.717) is 19.0 Å². The molecule has 1 aliphatic heterocycles. The third-order valence-corrected chi connectivity index (χ3v) is 3.52. The monoisotopic (exact) mass is 274 g/mol. The molecule has 1 fully saturated rings. The zero-order valence-electron chi connectivity index (χ0n) is 11.5. The summed E-state index contributed by atoms with van der Waals surface area (Å²) in [6.45, 7) is 3.95. The van der Waals surface area contributed by atoms with E-state index in [1.54, 1.807) is 12.0 Å². The van der Waals surface area contributed by atoms with Crippen molar-refractivity contribution in [3.05, 3.63) is 0 Å². The number of carbonyl (C=O) groups excluding carboxylic acids is 1. The molecular weight excluding hydrogens is 252 g/mol. The Morgan fingerprint density at radius 3 is 2.68 bits per heavy atom. The Morgan fingerprint density at radius 2 is 2.16 bits per heavy atom. The maximum absolute atomic E-state index is 11.9. The van der Waals surface area contributed by atoms with E-state index in [9.17, 15) is 14.7 Å². The van der Waals surface area contributed by atoms with Crippen LogP contribution in [0.2, 0.25) is 0 Å². The van der Waals surface area contributed by atoms with Crippen molar-refractivity contribution < 1.29 is 24.5 Å². The Morgan fingerprint density at radius 1 is 1.53 bits per heavy atom. The van der Waals surface area contributed by atoms with Crippen LogP contribution in [0.4, 0.5) is 4.79 Å². The van der Waals surface area contributed by atoms with Crippen LogP contribution in [0.25, 0.3) is 0 Å². The van der Waals surface area contributed by atoms with Gasteiger partial charge in [-0.05, 0) is 19.3 Å². The number of ether oxygens (including phenoxy) is 1. The van der Waals surface area contributed by atoms with E-state index < -0.39 is 11.6 Å². The highest BCUT2D eigenvalue weighted by Gasteiger charge is 2.33. The molecule has 3 N–H and O–H groups in total. The third kappa shape index (κ3) is 4.07. The molecule has 7 nitrogen and oxygen atoms in total. The first-order chi connectivity index (χ1) is 8.77. The number of piperidine rings is 1. The predicted molar refractivity (Wildman–Crippen MR) is 67.8 cm³/mol. The van der Waals surface area contributed by atoms with Crippen molar-refractivity contribution in [1.82, 2.24) is 10.2 Å². The van der Waals surface area contributed by atoms with Crippen LogP contribution >= 0.6 is 0 Å². The van der Waals surface area contributed by atoms with Crippen LogP contribution < -0.4 is 5.32 Å². The minimum absolute atomic E-state index is 0.0144. The fraction of sp³-hybridized carbons (Fsp3) is 0.833. The van der Waals surface area contributed by atoms with Crippen LogP contribution in [0.1, 0.15) is 20.3 Å². The number of rotatable bonds is 4. The van der Waals surface area contributed by atoms with Gasteiger partial charge < -0.3 is 25.2 Å². The van der Waals surface area contributed by atoms with Gasteiger partial charge in [0, 0.05) is 20.2 Å². The molecule has 0 radical (unpaired) electrons. The first kappa shape index (κ1) is 15.7. The molecule has 0 bridgehead atoms. The number of hydrogen-bond donors (Lipinski definition) is 3. The normalized spacial score (nSPS) is 26.6. The summed E-state index contributed by atoms with van der Waals surface area (Å²) in [6.07, 6.45) is 0.820. The quantitative estimate of drug-likeness (QED) is 0.664. The number of carbonyl (C=O) groups is 2. The molecule has 3 atom stereocenters. The summed E-state index contributed by atoms with van der Waals surface area (Å²) < 4.78 is 5.30. The smallest absolute Gasteiger partial charge is 0.337 e. The summed E-state index contributed by atoms with van der Waals surface area (Å²) >= 11 is 0. The summed E-state index contributed by atoms with van der Waals surface area (Å²) in [7, 11) is 1.61. The summed E-state index contributed by atoms with van der Waals surface area (Å²) in [4.78, 5) is 24.2. The molecule has 1 aliphatic rings. The molecule has 0 aromatic carbocycles. The van der Waals surface area contributed by atoms with Crippen molar-refractivity contribution in [3.8, 4) is 0 Å². The summed E-state index contributed by atoms with van der Waals surface area (Å²) in [5.74, 6) is -0.981. The van der Waals surface area contributed by atoms with E-state index >= 15 is 0 Å². The highest BCUT2D eigenvalue weighted by molar-refractivity contribution is 5.79. The van der Waals surface area contributed by atoms with Gasteiger partial charge in [0.25, 0.3) is 0 Å². The maximum atomic E-state index is 11.9. The van der Waals surface area contributed by atoms with Gasteiger partial charge in [-0.25, -0.2) is 9.59 Å². The molecule has 1 saturated heterocycles. The van der Waals surface area contributed by atoms with Gasteiger partial charge in [-0.3, -0.25) is 0 Å². The fourth-order valence-electron chi connectivity index (χ4n) is 1.96. The van der Waals surface area contributed by atoms with Gasteiger partial charge in [0.05, 0.1) is 12.6 Å². The number of carboxylic acids is 1. The largest absolute Gasteiger partial charge is 0.479 e. The van der Waals surface area contributed by atoms with E-state index in [1.165, 1.54) is 0 Å². The molecule has 0 aromatic rings. The Hall–Kier alpha value is -1.34. The predicted octanol–water partition coefficient (Wildman–Crippen LogP) is -0.112. The second kappa shape index (κ2) is 6.21. The van der Waals surface area contributed by atoms with Crippen molar-refractivity contribution in [3.63, 3.8) is 0 Å². The number of aliphatic hydroxyl groups is 1. The molecular formula is C12H22N2O5. The summed E-state index contributed by atoms with van der Waals surface area (Å²) in [5, 5.41) is 20.7. The second-order valence-electron chi connectivity index (χ2n) is 5.22. The number of nitrogens with zero attached hydrogens (tertiary/aromatic N) is 1. The average molecular weight is 274 g/mol. The number of nitrogens with one attached hydrogen (secondary N) is 1. The second-order valence-corrected chi connectivity index (χ2v) is 5.22. The molecule has 2 amide bonds. The topological polar surface area (TPSA) is 99.1 Å². The number of aliphatic carboxylic acids is 1. The Labute approximate surface area is 112 Å². The molecule has 3 unspecified atom stereocenters. The van der Waals surface area contributed by atoms with Gasteiger partial charge in [-0.2, -0.15) is 0 Å². The van der Waals surface area contributed by atoms with Crippen molar-refractivity contribution in [2.24, 2.45) is 5.92 Å². The van der Waals surface area contributed by atoms with Crippen LogP contribution in [0, 0.1) is 5.92 Å². The number of amides is 2. The minimum Gasteiger partial charge on any atom is -0.479 e. The number of urea groups is 1. The third-order valence-electron chi connectivity index (χ3n) is 3.52. The molecule has 7 heteroatoms. The van der Waals surface area contributed by atoms with Gasteiger partial charge in [0.15, 0.2) is 5.60 Å². The van der Waals surface area contributed by atoms with Crippen molar-refractivity contribution >= 4 is 12.0 Å². The Bertz CT molecular complexity index is 345. The van der Waals surface area contributed by atoms with Crippen molar-refractivity contribution in [2.45, 2.75) is 32.0 Å². The standard InChI is InChI=1S/C12H22N2O5/c1-8-4-5-14(6-9(8)19-3)11(17)13-7-12(2,18)10(15)16/h8-9,18H,4-7H2,1-3H3,(H,13,17)(H,15,16). The van der Waals surface area contributed by atoms with Crippen LogP contribution in [0.15, 0.2) is 0 Å². The Kier molecular flexibility index (Phi) is 5.13. The molecule has 1 rings (SSSR count). The number of carboxylic acid groups (broad SMARTS) is 1. The zero-order valence-corrected chi connectivity index (χ0v) is 11.5. The maximum Gasteiger partial charge on any atom is 0.337 e. The number of hydrogen-bond acceptors (Lipinski definition) is 4. The van der Waals surface area contributed by atoms with Crippen LogP contribution in [-0.4, -0.2) is 65.6 Å². The molecule has 19 heavy (non-hydrogen) atoms. The lowest BCUT2D eigenvalue weighted by molar-refractivity contribution is -0.155. The van der Waals surface area contributed by atoms with Gasteiger partial charge in [-0.15, -0.1) is 0 Å². The molecule has 0 saturated carbocycles. The summed E-state index contributed by atoms with van der Waals surface area (Å²) in [5.41, 5.74) is -1.96. The van der Waals surface area contributed by atoms with Crippen LogP contribution in [0.5, 0.6) is 0 Å². The van der Waals surface area contributed by atoms with Crippen molar-refractivity contribution in [1.29, 1.82) is 0 Å². The highest BCUT2D eigenvalue weighted by Crippen LogP contribution is 2.19. The first-order valence-corrected chi connectivity index (χ1v) is 6.29. The molecule has 110 valence electrons.